The van der Waals surface area contributed by atoms with E-state index in [-0.39, 0.29) is 5.91 Å². The van der Waals surface area contributed by atoms with Crippen LogP contribution in [0.15, 0.2) is 46.9 Å². The number of hydrogen-bond donors (Lipinski definition) is 1. The molecule has 2 aromatic carbocycles. The molecule has 0 radical (unpaired) electrons. The molecule has 3 aromatic rings. The molecule has 0 bridgehead atoms. The lowest BCUT2D eigenvalue weighted by Crippen LogP contribution is -2.24. The number of aryl methyl sites for hydroxylation is 1. The van der Waals surface area contributed by atoms with Gasteiger partial charge in [0.1, 0.15) is 0 Å². The van der Waals surface area contributed by atoms with Gasteiger partial charge in [0, 0.05) is 16.0 Å². The van der Waals surface area contributed by atoms with Crippen LogP contribution in [0.25, 0.3) is 5.69 Å². The third-order valence-electron chi connectivity index (χ3n) is 3.86. The molecule has 5 nitrogen and oxygen atoms in total. The molecule has 0 saturated carbocycles. The van der Waals surface area contributed by atoms with E-state index in [9.17, 15) is 4.79 Å². The molecule has 0 saturated heterocycles. The summed E-state index contributed by atoms with van der Waals surface area (Å²) in [6.45, 7) is 4.23. The van der Waals surface area contributed by atoms with Crippen molar-refractivity contribution in [2.75, 3.05) is 0 Å². The Morgan fingerprint density at radius 1 is 1.20 bits per heavy atom. The maximum Gasteiger partial charge on any atom is 0.274 e. The smallest absolute Gasteiger partial charge is 0.274 e. The van der Waals surface area contributed by atoms with Crippen LogP contribution in [0.4, 0.5) is 0 Å². The van der Waals surface area contributed by atoms with Crippen LogP contribution in [-0.2, 0) is 6.54 Å². The summed E-state index contributed by atoms with van der Waals surface area (Å²) in [5, 5.41) is 11.7. The number of hydrogen-bond acceptors (Lipinski definition) is 3. The van der Waals surface area contributed by atoms with Gasteiger partial charge >= 0.3 is 0 Å². The SMILES string of the molecule is Cc1cc(-n2nnc(C(=O)NCc3ccc(Cl)cc3)c2C)ccc1Br. The van der Waals surface area contributed by atoms with Gasteiger partial charge in [-0.3, -0.25) is 4.79 Å². The molecule has 0 aliphatic heterocycles. The highest BCUT2D eigenvalue weighted by atomic mass is 79.9. The minimum absolute atomic E-state index is 0.257. The Kier molecular flexibility index (Phi) is 5.20. The Balaban J connectivity index is 1.76. The van der Waals surface area contributed by atoms with Gasteiger partial charge in [0.2, 0.25) is 0 Å². The molecule has 1 aromatic heterocycles. The van der Waals surface area contributed by atoms with E-state index in [0.717, 1.165) is 21.3 Å². The zero-order chi connectivity index (χ0) is 18.0. The van der Waals surface area contributed by atoms with Crippen molar-refractivity contribution in [3.05, 3.63) is 74.5 Å². The second kappa shape index (κ2) is 7.37. The molecule has 1 heterocycles. The van der Waals surface area contributed by atoms with Crippen LogP contribution in [0.3, 0.4) is 0 Å². The van der Waals surface area contributed by atoms with E-state index in [1.807, 2.05) is 44.2 Å². The third-order valence-corrected chi connectivity index (χ3v) is 5.00. The van der Waals surface area contributed by atoms with Gasteiger partial charge in [0.25, 0.3) is 5.91 Å². The van der Waals surface area contributed by atoms with E-state index in [0.29, 0.717) is 23.0 Å². The molecule has 1 amide bonds. The number of carbonyl (C=O) groups excluding carboxylic acids is 1. The average molecular weight is 420 g/mol. The predicted octanol–water partition coefficient (Wildman–Crippen LogP) is 4.23. The normalized spacial score (nSPS) is 10.7. The summed E-state index contributed by atoms with van der Waals surface area (Å²) in [6, 6.07) is 13.2. The van der Waals surface area contributed by atoms with Gasteiger partial charge in [0.05, 0.1) is 11.4 Å². The van der Waals surface area contributed by atoms with Gasteiger partial charge < -0.3 is 5.32 Å². The number of rotatable bonds is 4. The van der Waals surface area contributed by atoms with Crippen molar-refractivity contribution in [3.63, 3.8) is 0 Å². The summed E-state index contributed by atoms with van der Waals surface area (Å²) in [7, 11) is 0. The Hall–Kier alpha value is -2.18. The molecule has 0 aliphatic rings. The third kappa shape index (κ3) is 3.91. The van der Waals surface area contributed by atoms with Crippen molar-refractivity contribution in [3.8, 4) is 5.69 Å². The molecule has 7 heteroatoms. The van der Waals surface area contributed by atoms with Gasteiger partial charge in [-0.1, -0.05) is 44.9 Å². The summed E-state index contributed by atoms with van der Waals surface area (Å²) >= 11 is 9.34. The van der Waals surface area contributed by atoms with Crippen LogP contribution in [0.1, 0.15) is 27.3 Å². The van der Waals surface area contributed by atoms with Crippen molar-refractivity contribution < 1.29 is 4.79 Å². The number of benzene rings is 2. The van der Waals surface area contributed by atoms with Crippen LogP contribution < -0.4 is 5.32 Å². The van der Waals surface area contributed by atoms with Crippen LogP contribution in [-0.4, -0.2) is 20.9 Å². The Morgan fingerprint density at radius 2 is 1.92 bits per heavy atom. The van der Waals surface area contributed by atoms with Crippen molar-refractivity contribution in [2.24, 2.45) is 0 Å². The van der Waals surface area contributed by atoms with Crippen LogP contribution in [0, 0.1) is 13.8 Å². The highest BCUT2D eigenvalue weighted by molar-refractivity contribution is 9.10. The van der Waals surface area contributed by atoms with Crippen molar-refractivity contribution >= 4 is 33.4 Å². The summed E-state index contributed by atoms with van der Waals surface area (Å²) in [5.74, 6) is -0.257. The average Bonchev–Trinajstić information content (AvgIpc) is 2.98. The van der Waals surface area contributed by atoms with E-state index in [1.165, 1.54) is 0 Å². The van der Waals surface area contributed by atoms with Gasteiger partial charge in [-0.2, -0.15) is 0 Å². The molecule has 0 spiro atoms. The highest BCUT2D eigenvalue weighted by Gasteiger charge is 2.17. The molecular formula is C18H16BrClN4O. The van der Waals surface area contributed by atoms with E-state index >= 15 is 0 Å². The second-order valence-corrected chi connectivity index (χ2v) is 6.97. The van der Waals surface area contributed by atoms with E-state index in [2.05, 4.69) is 31.6 Å². The molecule has 1 N–H and O–H groups in total. The summed E-state index contributed by atoms with van der Waals surface area (Å²) in [5.41, 5.74) is 3.92. The number of halogens is 2. The molecule has 25 heavy (non-hydrogen) atoms. The monoisotopic (exact) mass is 418 g/mol. The zero-order valence-electron chi connectivity index (χ0n) is 13.8. The molecule has 0 aliphatic carbocycles. The molecule has 3 rings (SSSR count). The molecule has 0 unspecified atom stereocenters. The number of nitrogens with zero attached hydrogens (tertiary/aromatic N) is 3. The largest absolute Gasteiger partial charge is 0.347 e. The van der Waals surface area contributed by atoms with Gasteiger partial charge in [-0.05, 0) is 55.3 Å². The topological polar surface area (TPSA) is 59.8 Å². The molecule has 128 valence electrons. The fourth-order valence-electron chi connectivity index (χ4n) is 2.41. The van der Waals surface area contributed by atoms with Gasteiger partial charge in [-0.15, -0.1) is 5.10 Å². The molecular weight excluding hydrogens is 404 g/mol. The lowest BCUT2D eigenvalue weighted by atomic mass is 10.2. The summed E-state index contributed by atoms with van der Waals surface area (Å²) < 4.78 is 2.69. The number of aromatic nitrogens is 3. The van der Waals surface area contributed by atoms with Crippen molar-refractivity contribution in [1.29, 1.82) is 0 Å². The quantitative estimate of drug-likeness (QED) is 0.688. The minimum atomic E-state index is -0.257. The minimum Gasteiger partial charge on any atom is -0.347 e. The molecule has 0 fully saturated rings. The van der Waals surface area contributed by atoms with Crippen LogP contribution in [0.5, 0.6) is 0 Å². The first-order valence-corrected chi connectivity index (χ1v) is 8.84. The Bertz CT molecular complexity index is 921. The maximum absolute atomic E-state index is 12.4. The zero-order valence-corrected chi connectivity index (χ0v) is 16.1. The van der Waals surface area contributed by atoms with Crippen molar-refractivity contribution in [1.82, 2.24) is 20.3 Å². The fraction of sp³-hybridized carbons (Fsp3) is 0.167. The van der Waals surface area contributed by atoms with Gasteiger partial charge in [0.15, 0.2) is 5.69 Å². The second-order valence-electron chi connectivity index (χ2n) is 5.68. The summed E-state index contributed by atoms with van der Waals surface area (Å²) in [6.07, 6.45) is 0. The first-order valence-electron chi connectivity index (χ1n) is 7.67. The first-order chi connectivity index (χ1) is 12.0. The number of amides is 1. The van der Waals surface area contributed by atoms with Crippen LogP contribution in [0.2, 0.25) is 5.02 Å². The number of carbonyl (C=O) groups is 1. The Morgan fingerprint density at radius 3 is 2.60 bits per heavy atom. The Labute approximate surface area is 159 Å². The van der Waals surface area contributed by atoms with E-state index in [4.69, 9.17) is 11.6 Å². The predicted molar refractivity (Wildman–Crippen MR) is 101 cm³/mol. The fourth-order valence-corrected chi connectivity index (χ4v) is 2.79. The van der Waals surface area contributed by atoms with Gasteiger partial charge in [-0.25, -0.2) is 4.68 Å². The summed E-state index contributed by atoms with van der Waals surface area (Å²) in [4.78, 5) is 12.4. The van der Waals surface area contributed by atoms with Crippen LogP contribution >= 0.6 is 27.5 Å². The lowest BCUT2D eigenvalue weighted by molar-refractivity contribution is 0.0945. The van der Waals surface area contributed by atoms with Crippen molar-refractivity contribution in [2.45, 2.75) is 20.4 Å². The lowest BCUT2D eigenvalue weighted by Gasteiger charge is -2.07. The first kappa shape index (κ1) is 17.6. The maximum atomic E-state index is 12.4. The van der Waals surface area contributed by atoms with E-state index < -0.39 is 0 Å². The van der Waals surface area contributed by atoms with E-state index in [1.54, 1.807) is 16.8 Å². The highest BCUT2D eigenvalue weighted by Crippen LogP contribution is 2.20. The molecule has 0 atom stereocenters. The number of nitrogens with one attached hydrogen (secondary N) is 1. The standard InChI is InChI=1S/C18H16BrClN4O/c1-11-9-15(7-8-16(11)19)24-12(2)17(22-23-24)18(25)21-10-13-3-5-14(20)6-4-13/h3-9H,10H2,1-2H3,(H,21,25).